The van der Waals surface area contributed by atoms with Crippen LogP contribution < -0.4 is 5.32 Å². The minimum absolute atomic E-state index is 0.170. The molecule has 1 amide bonds. The normalized spacial score (nSPS) is 12.5. The average Bonchev–Trinajstić information content (AvgIpc) is 3.07. The maximum atomic E-state index is 13.0. The molecule has 0 aliphatic heterocycles. The van der Waals surface area contributed by atoms with Crippen LogP contribution in [0, 0.1) is 0 Å². The van der Waals surface area contributed by atoms with Gasteiger partial charge in [0.2, 0.25) is 0 Å². The number of rotatable bonds is 5. The molecule has 0 fully saturated rings. The summed E-state index contributed by atoms with van der Waals surface area (Å²) in [5.74, 6) is -1.47. The molecule has 2 rings (SSSR count). The standard InChI is InChI=1S/C16H14F3NO3S/c1-23-14(21)9-12(13-7-4-8-24-13)20-15(22)10-5-2-3-6-11(10)16(17,18)19/h2-8,12H,9H2,1H3,(H,20,22). The predicted molar refractivity (Wildman–Crippen MR) is 82.6 cm³/mol. The van der Waals surface area contributed by atoms with Crippen molar-refractivity contribution in [3.63, 3.8) is 0 Å². The van der Waals surface area contributed by atoms with Crippen LogP contribution in [0.25, 0.3) is 0 Å². The molecule has 0 saturated carbocycles. The van der Waals surface area contributed by atoms with Crippen molar-refractivity contribution in [2.75, 3.05) is 7.11 Å². The minimum atomic E-state index is -4.64. The molecule has 0 aliphatic rings. The number of hydrogen-bond acceptors (Lipinski definition) is 4. The molecule has 1 aromatic heterocycles. The van der Waals surface area contributed by atoms with E-state index < -0.39 is 35.2 Å². The van der Waals surface area contributed by atoms with Crippen LogP contribution in [0.15, 0.2) is 41.8 Å². The number of halogens is 3. The Balaban J connectivity index is 2.27. The van der Waals surface area contributed by atoms with Gasteiger partial charge in [-0.1, -0.05) is 18.2 Å². The van der Waals surface area contributed by atoms with Crippen LogP contribution in [0.2, 0.25) is 0 Å². The molecule has 0 aliphatic carbocycles. The van der Waals surface area contributed by atoms with E-state index in [0.29, 0.717) is 4.88 Å². The van der Waals surface area contributed by atoms with Crippen LogP contribution in [-0.2, 0) is 15.7 Å². The highest BCUT2D eigenvalue weighted by Gasteiger charge is 2.35. The van der Waals surface area contributed by atoms with Gasteiger partial charge in [-0.05, 0) is 23.6 Å². The predicted octanol–water partition coefficient (Wildman–Crippen LogP) is 3.80. The number of hydrogen-bond donors (Lipinski definition) is 1. The second kappa shape index (κ2) is 7.48. The Bertz CT molecular complexity index is 714. The fraction of sp³-hybridized carbons (Fsp3) is 0.250. The molecule has 128 valence electrons. The van der Waals surface area contributed by atoms with Gasteiger partial charge in [0.25, 0.3) is 5.91 Å². The van der Waals surface area contributed by atoms with Crippen LogP contribution in [0.3, 0.4) is 0 Å². The van der Waals surface area contributed by atoms with Gasteiger partial charge >= 0.3 is 12.1 Å². The maximum absolute atomic E-state index is 13.0. The Morgan fingerprint density at radius 2 is 1.92 bits per heavy atom. The summed E-state index contributed by atoms with van der Waals surface area (Å²) in [6.07, 6.45) is -4.81. The molecule has 0 radical (unpaired) electrons. The summed E-state index contributed by atoms with van der Waals surface area (Å²) >= 11 is 1.29. The largest absolute Gasteiger partial charge is 0.469 e. The van der Waals surface area contributed by atoms with Gasteiger partial charge in [-0.15, -0.1) is 11.3 Å². The Hall–Kier alpha value is -2.35. The van der Waals surface area contributed by atoms with Crippen molar-refractivity contribution in [3.05, 3.63) is 57.8 Å². The molecule has 1 unspecified atom stereocenters. The van der Waals surface area contributed by atoms with Gasteiger partial charge in [0.05, 0.1) is 30.7 Å². The second-order valence-corrected chi connectivity index (χ2v) is 5.84. The third-order valence-corrected chi connectivity index (χ3v) is 4.25. The van der Waals surface area contributed by atoms with Crippen molar-refractivity contribution in [1.29, 1.82) is 0 Å². The molecule has 1 N–H and O–H groups in total. The Morgan fingerprint density at radius 3 is 2.50 bits per heavy atom. The molecule has 4 nitrogen and oxygen atoms in total. The first kappa shape index (κ1) is 18.0. The van der Waals surface area contributed by atoms with Crippen molar-refractivity contribution in [2.24, 2.45) is 0 Å². The summed E-state index contributed by atoms with van der Waals surface area (Å²) in [5.41, 5.74) is -1.51. The molecular weight excluding hydrogens is 343 g/mol. The van der Waals surface area contributed by atoms with E-state index in [1.165, 1.54) is 30.6 Å². The van der Waals surface area contributed by atoms with E-state index in [4.69, 9.17) is 0 Å². The van der Waals surface area contributed by atoms with Crippen LogP contribution >= 0.6 is 11.3 Å². The topological polar surface area (TPSA) is 55.4 Å². The number of benzene rings is 1. The summed E-state index contributed by atoms with van der Waals surface area (Å²) in [6.45, 7) is 0. The molecule has 1 atom stereocenters. The van der Waals surface area contributed by atoms with Crippen LogP contribution in [-0.4, -0.2) is 19.0 Å². The van der Waals surface area contributed by atoms with Crippen LogP contribution in [0.5, 0.6) is 0 Å². The van der Waals surface area contributed by atoms with E-state index in [9.17, 15) is 22.8 Å². The summed E-state index contributed by atoms with van der Waals surface area (Å²) in [6, 6.07) is 7.16. The van der Waals surface area contributed by atoms with Crippen LogP contribution in [0.4, 0.5) is 13.2 Å². The number of esters is 1. The molecule has 1 aromatic carbocycles. The SMILES string of the molecule is COC(=O)CC(NC(=O)c1ccccc1C(F)(F)F)c1cccs1. The highest BCUT2D eigenvalue weighted by atomic mass is 32.1. The fourth-order valence-corrected chi connectivity index (χ4v) is 2.90. The zero-order valence-electron chi connectivity index (χ0n) is 12.6. The molecular formula is C16H14F3NO3S. The molecule has 0 spiro atoms. The zero-order valence-corrected chi connectivity index (χ0v) is 13.4. The molecule has 8 heteroatoms. The van der Waals surface area contributed by atoms with Gasteiger partial charge in [-0.25, -0.2) is 0 Å². The third kappa shape index (κ3) is 4.35. The lowest BCUT2D eigenvalue weighted by molar-refractivity contribution is -0.141. The maximum Gasteiger partial charge on any atom is 0.417 e. The summed E-state index contributed by atoms with van der Waals surface area (Å²) in [4.78, 5) is 24.5. The number of nitrogens with one attached hydrogen (secondary N) is 1. The van der Waals surface area contributed by atoms with Crippen molar-refractivity contribution >= 4 is 23.2 Å². The fourth-order valence-electron chi connectivity index (χ4n) is 2.13. The highest BCUT2D eigenvalue weighted by molar-refractivity contribution is 7.10. The van der Waals surface area contributed by atoms with Crippen molar-refractivity contribution in [1.82, 2.24) is 5.32 Å². The van der Waals surface area contributed by atoms with Crippen LogP contribution in [0.1, 0.15) is 33.3 Å². The quantitative estimate of drug-likeness (QED) is 0.828. The van der Waals surface area contributed by atoms with Gasteiger partial charge in [-0.2, -0.15) is 13.2 Å². The van der Waals surface area contributed by atoms with Crippen molar-refractivity contribution in [2.45, 2.75) is 18.6 Å². The van der Waals surface area contributed by atoms with Crippen molar-refractivity contribution < 1.29 is 27.5 Å². The molecule has 0 saturated heterocycles. The van der Waals surface area contributed by atoms with Gasteiger partial charge < -0.3 is 10.1 Å². The molecule has 2 aromatic rings. The number of carbonyl (C=O) groups excluding carboxylic acids is 2. The Morgan fingerprint density at radius 1 is 1.21 bits per heavy atom. The Labute approximate surface area is 140 Å². The monoisotopic (exact) mass is 357 g/mol. The summed E-state index contributed by atoms with van der Waals surface area (Å²) in [7, 11) is 1.20. The van der Waals surface area contributed by atoms with E-state index in [0.717, 1.165) is 12.1 Å². The number of thiophene rings is 1. The second-order valence-electron chi connectivity index (χ2n) is 4.87. The lowest BCUT2D eigenvalue weighted by Crippen LogP contribution is -2.31. The number of carbonyl (C=O) groups is 2. The first-order valence-corrected chi connectivity index (χ1v) is 7.78. The first-order valence-electron chi connectivity index (χ1n) is 6.90. The lowest BCUT2D eigenvalue weighted by atomic mass is 10.1. The zero-order chi connectivity index (χ0) is 17.7. The van der Waals surface area contributed by atoms with E-state index in [1.54, 1.807) is 17.5 Å². The summed E-state index contributed by atoms with van der Waals surface area (Å²) in [5, 5.41) is 4.23. The number of ether oxygens (including phenoxy) is 1. The number of amides is 1. The molecule has 1 heterocycles. The third-order valence-electron chi connectivity index (χ3n) is 3.27. The Kier molecular flexibility index (Phi) is 5.61. The van der Waals surface area contributed by atoms with E-state index in [-0.39, 0.29) is 6.42 Å². The average molecular weight is 357 g/mol. The number of methoxy groups -OCH3 is 1. The van der Waals surface area contributed by atoms with Gasteiger partial charge in [0.15, 0.2) is 0 Å². The van der Waals surface area contributed by atoms with Crippen molar-refractivity contribution in [3.8, 4) is 0 Å². The first-order chi connectivity index (χ1) is 11.3. The van der Waals surface area contributed by atoms with E-state index in [1.807, 2.05) is 0 Å². The lowest BCUT2D eigenvalue weighted by Gasteiger charge is -2.18. The van der Waals surface area contributed by atoms with Gasteiger partial charge in [-0.3, -0.25) is 9.59 Å². The molecule has 24 heavy (non-hydrogen) atoms. The van der Waals surface area contributed by atoms with Gasteiger partial charge in [0.1, 0.15) is 0 Å². The molecule has 0 bridgehead atoms. The smallest absolute Gasteiger partial charge is 0.417 e. The minimum Gasteiger partial charge on any atom is -0.469 e. The van der Waals surface area contributed by atoms with E-state index in [2.05, 4.69) is 10.1 Å². The van der Waals surface area contributed by atoms with Gasteiger partial charge in [0, 0.05) is 4.88 Å². The van der Waals surface area contributed by atoms with E-state index >= 15 is 0 Å². The summed E-state index contributed by atoms with van der Waals surface area (Å²) < 4.78 is 43.7. The highest BCUT2D eigenvalue weighted by Crippen LogP contribution is 2.32. The number of alkyl halides is 3.